The van der Waals surface area contributed by atoms with Gasteiger partial charge in [-0.15, -0.1) is 0 Å². The Morgan fingerprint density at radius 2 is 1.72 bits per heavy atom. The Labute approximate surface area is 102 Å². The van der Waals surface area contributed by atoms with Crippen molar-refractivity contribution in [2.75, 3.05) is 0 Å². The van der Waals surface area contributed by atoms with Gasteiger partial charge in [-0.05, 0) is 12.8 Å². The molecule has 0 aliphatic rings. The summed E-state index contributed by atoms with van der Waals surface area (Å²) in [6, 6.07) is 0. The molecule has 0 atom stereocenters. The Hall–Kier alpha value is -2.31. The van der Waals surface area contributed by atoms with Crippen LogP contribution in [-0.4, -0.2) is 33.2 Å². The molecule has 1 aromatic rings. The zero-order valence-electron chi connectivity index (χ0n) is 9.38. The Kier molecular flexibility index (Phi) is 4.47. The molecule has 1 rings (SSSR count). The van der Waals surface area contributed by atoms with Crippen LogP contribution in [0.1, 0.15) is 45.7 Å². The van der Waals surface area contributed by atoms with Crippen LogP contribution in [-0.2, 0) is 11.2 Å². The highest BCUT2D eigenvalue weighted by molar-refractivity contribution is 6.02. The van der Waals surface area contributed by atoms with Crippen LogP contribution in [0.25, 0.3) is 0 Å². The fraction of sp³-hybridized carbons (Fsp3) is 0.364. The summed E-state index contributed by atoms with van der Waals surface area (Å²) in [5.41, 5.74) is -0.756. The van der Waals surface area contributed by atoms with Gasteiger partial charge in [-0.1, -0.05) is 0 Å². The summed E-state index contributed by atoms with van der Waals surface area (Å²) in [6.45, 7) is 0. The molecule has 0 radical (unpaired) electrons. The summed E-state index contributed by atoms with van der Waals surface area (Å²) in [7, 11) is 0. The molecule has 0 bridgehead atoms. The average molecular weight is 256 g/mol. The Morgan fingerprint density at radius 3 is 2.22 bits per heavy atom. The lowest BCUT2D eigenvalue weighted by molar-refractivity contribution is -0.137. The number of rotatable bonds is 7. The number of aliphatic carboxylic acids is 1. The first-order valence-corrected chi connectivity index (χ1v) is 5.22. The lowest BCUT2D eigenvalue weighted by Gasteiger charge is -1.99. The zero-order valence-corrected chi connectivity index (χ0v) is 9.38. The predicted octanol–water partition coefficient (Wildman–Crippen LogP) is 1.47. The highest BCUT2D eigenvalue weighted by atomic mass is 16.4. The fourth-order valence-electron chi connectivity index (χ4n) is 1.54. The van der Waals surface area contributed by atoms with E-state index in [4.69, 9.17) is 19.7 Å². The summed E-state index contributed by atoms with van der Waals surface area (Å²) >= 11 is 0. The van der Waals surface area contributed by atoms with Crippen LogP contribution >= 0.6 is 0 Å². The molecule has 0 aliphatic heterocycles. The molecule has 0 amide bonds. The minimum atomic E-state index is -1.37. The highest BCUT2D eigenvalue weighted by Crippen LogP contribution is 2.20. The molecule has 0 aliphatic carbocycles. The molecule has 0 unspecified atom stereocenters. The minimum absolute atomic E-state index is 0.0189. The lowest BCUT2D eigenvalue weighted by Crippen LogP contribution is -2.07. The Morgan fingerprint density at radius 1 is 1.06 bits per heavy atom. The second-order valence-corrected chi connectivity index (χ2v) is 3.66. The van der Waals surface area contributed by atoms with Gasteiger partial charge in [-0.3, -0.25) is 4.79 Å². The molecule has 0 saturated heterocycles. The molecule has 98 valence electrons. The lowest BCUT2D eigenvalue weighted by atomic mass is 10.1. The third-order valence-corrected chi connectivity index (χ3v) is 2.36. The van der Waals surface area contributed by atoms with E-state index in [2.05, 4.69) is 0 Å². The quantitative estimate of drug-likeness (QED) is 0.630. The van der Waals surface area contributed by atoms with E-state index in [1.807, 2.05) is 0 Å². The van der Waals surface area contributed by atoms with Crippen LogP contribution in [0.15, 0.2) is 10.7 Å². The van der Waals surface area contributed by atoms with E-state index in [-0.39, 0.29) is 24.2 Å². The number of carboxylic acid groups (broad SMARTS) is 3. The Bertz CT molecular complexity index is 472. The van der Waals surface area contributed by atoms with E-state index < -0.39 is 23.5 Å². The van der Waals surface area contributed by atoms with Crippen molar-refractivity contribution in [2.45, 2.75) is 25.7 Å². The molecular formula is C11H12O7. The summed E-state index contributed by atoms with van der Waals surface area (Å²) in [5, 5.41) is 26.1. The topological polar surface area (TPSA) is 125 Å². The first-order chi connectivity index (χ1) is 8.43. The maximum atomic E-state index is 10.9. The normalized spacial score (nSPS) is 10.2. The van der Waals surface area contributed by atoms with Crippen molar-refractivity contribution < 1.29 is 34.1 Å². The predicted molar refractivity (Wildman–Crippen MR) is 57.8 cm³/mol. The van der Waals surface area contributed by atoms with Crippen molar-refractivity contribution in [3.05, 3.63) is 23.2 Å². The molecule has 0 spiro atoms. The van der Waals surface area contributed by atoms with E-state index in [0.29, 0.717) is 12.8 Å². The summed E-state index contributed by atoms with van der Waals surface area (Å²) in [6.07, 6.45) is 1.85. The zero-order chi connectivity index (χ0) is 13.7. The van der Waals surface area contributed by atoms with Crippen LogP contribution < -0.4 is 0 Å². The number of aromatic carboxylic acids is 2. The van der Waals surface area contributed by atoms with Crippen LogP contribution in [0.3, 0.4) is 0 Å². The maximum Gasteiger partial charge on any atom is 0.340 e. The number of hydrogen-bond donors (Lipinski definition) is 3. The second-order valence-electron chi connectivity index (χ2n) is 3.66. The monoisotopic (exact) mass is 256 g/mol. The van der Waals surface area contributed by atoms with Crippen molar-refractivity contribution >= 4 is 17.9 Å². The van der Waals surface area contributed by atoms with Crippen LogP contribution in [0.5, 0.6) is 0 Å². The van der Waals surface area contributed by atoms with Crippen LogP contribution in [0, 0.1) is 0 Å². The molecule has 0 saturated carbocycles. The fourth-order valence-corrected chi connectivity index (χ4v) is 1.54. The largest absolute Gasteiger partial charge is 0.481 e. The van der Waals surface area contributed by atoms with Crippen molar-refractivity contribution in [3.63, 3.8) is 0 Å². The summed E-state index contributed by atoms with van der Waals surface area (Å²) in [5.74, 6) is -3.60. The third-order valence-electron chi connectivity index (χ3n) is 2.36. The number of aryl methyl sites for hydroxylation is 1. The van der Waals surface area contributed by atoms with Gasteiger partial charge in [0.1, 0.15) is 23.2 Å². The van der Waals surface area contributed by atoms with E-state index in [1.165, 1.54) is 0 Å². The van der Waals surface area contributed by atoms with Gasteiger partial charge >= 0.3 is 17.9 Å². The SMILES string of the molecule is O=C(O)CCCCc1occ(C(=O)O)c1C(=O)O. The molecule has 18 heavy (non-hydrogen) atoms. The summed E-state index contributed by atoms with van der Waals surface area (Å²) < 4.78 is 4.92. The number of hydrogen-bond acceptors (Lipinski definition) is 4. The minimum Gasteiger partial charge on any atom is -0.481 e. The number of unbranched alkanes of at least 4 members (excludes halogenated alkanes) is 1. The second kappa shape index (κ2) is 5.85. The van der Waals surface area contributed by atoms with Gasteiger partial charge in [-0.2, -0.15) is 0 Å². The van der Waals surface area contributed by atoms with Gasteiger partial charge in [0.05, 0.1) is 0 Å². The standard InChI is InChI=1S/C11H12O7/c12-8(13)4-2-1-3-7-9(11(16)17)6(5-18-7)10(14)15/h5H,1-4H2,(H,12,13)(H,14,15)(H,16,17). The first kappa shape index (κ1) is 13.8. The molecular weight excluding hydrogens is 244 g/mol. The van der Waals surface area contributed by atoms with Gasteiger partial charge < -0.3 is 19.7 Å². The van der Waals surface area contributed by atoms with Crippen molar-refractivity contribution in [1.82, 2.24) is 0 Å². The van der Waals surface area contributed by atoms with Crippen molar-refractivity contribution in [1.29, 1.82) is 0 Å². The van der Waals surface area contributed by atoms with Crippen LogP contribution in [0.4, 0.5) is 0 Å². The highest BCUT2D eigenvalue weighted by Gasteiger charge is 2.24. The van der Waals surface area contributed by atoms with E-state index >= 15 is 0 Å². The molecule has 0 aromatic carbocycles. The number of furan rings is 1. The average Bonchev–Trinajstić information content (AvgIpc) is 2.67. The molecule has 7 heteroatoms. The van der Waals surface area contributed by atoms with Crippen molar-refractivity contribution in [3.8, 4) is 0 Å². The molecule has 1 aromatic heterocycles. The summed E-state index contributed by atoms with van der Waals surface area (Å²) in [4.78, 5) is 32.0. The van der Waals surface area contributed by atoms with Crippen LogP contribution in [0.2, 0.25) is 0 Å². The van der Waals surface area contributed by atoms with Gasteiger partial charge in [0.25, 0.3) is 0 Å². The molecule has 0 fully saturated rings. The molecule has 1 heterocycles. The number of carbonyl (C=O) groups is 3. The van der Waals surface area contributed by atoms with Gasteiger partial charge in [0.2, 0.25) is 0 Å². The Balaban J connectivity index is 2.74. The third kappa shape index (κ3) is 3.34. The smallest absolute Gasteiger partial charge is 0.340 e. The molecule has 7 nitrogen and oxygen atoms in total. The van der Waals surface area contributed by atoms with Crippen molar-refractivity contribution in [2.24, 2.45) is 0 Å². The van der Waals surface area contributed by atoms with Gasteiger partial charge in [0, 0.05) is 12.8 Å². The maximum absolute atomic E-state index is 10.9. The van der Waals surface area contributed by atoms with E-state index in [1.54, 1.807) is 0 Å². The van der Waals surface area contributed by atoms with E-state index in [0.717, 1.165) is 6.26 Å². The number of carboxylic acids is 3. The van der Waals surface area contributed by atoms with Gasteiger partial charge in [-0.25, -0.2) is 9.59 Å². The molecule has 3 N–H and O–H groups in total. The van der Waals surface area contributed by atoms with Gasteiger partial charge in [0.15, 0.2) is 0 Å². The first-order valence-electron chi connectivity index (χ1n) is 5.22. The van der Waals surface area contributed by atoms with E-state index in [9.17, 15) is 14.4 Å².